The van der Waals surface area contributed by atoms with Gasteiger partial charge < -0.3 is 19.4 Å². The van der Waals surface area contributed by atoms with E-state index in [1.54, 1.807) is 12.1 Å². The third-order valence-corrected chi connectivity index (χ3v) is 3.64. The van der Waals surface area contributed by atoms with E-state index in [9.17, 15) is 14.7 Å². The van der Waals surface area contributed by atoms with Gasteiger partial charge in [0.2, 0.25) is 0 Å². The molecule has 0 fully saturated rings. The maximum absolute atomic E-state index is 12.4. The fraction of sp³-hybridized carbons (Fsp3) is 0.200. The summed E-state index contributed by atoms with van der Waals surface area (Å²) in [7, 11) is 1.42. The number of carbonyl (C=O) groups is 2. The Kier molecular flexibility index (Phi) is 5.95. The van der Waals surface area contributed by atoms with Crippen molar-refractivity contribution < 1.29 is 24.2 Å². The van der Waals surface area contributed by atoms with Gasteiger partial charge in [0.15, 0.2) is 17.3 Å². The number of aryl methyl sites for hydroxylation is 2. The predicted molar refractivity (Wildman–Crippen MR) is 92.8 cm³/mol. The highest BCUT2D eigenvalue weighted by Crippen LogP contribution is 2.28. The molecule has 5 heteroatoms. The van der Waals surface area contributed by atoms with Gasteiger partial charge in [-0.05, 0) is 49.2 Å². The smallest absolute Gasteiger partial charge is 0.185 e. The highest BCUT2D eigenvalue weighted by molar-refractivity contribution is 6.07. The number of aliphatic carboxylic acids is 1. The number of rotatable bonds is 7. The predicted octanol–water partition coefficient (Wildman–Crippen LogP) is 2.34. The highest BCUT2D eigenvalue weighted by atomic mass is 16.5. The first kappa shape index (κ1) is 18.3. The van der Waals surface area contributed by atoms with E-state index >= 15 is 0 Å². The van der Waals surface area contributed by atoms with E-state index in [2.05, 4.69) is 0 Å². The number of allylic oxidation sites excluding steroid dienone is 1. The van der Waals surface area contributed by atoms with Crippen LogP contribution in [0.1, 0.15) is 27.0 Å². The quantitative estimate of drug-likeness (QED) is 0.572. The molecule has 0 radical (unpaired) electrons. The standard InChI is InChI=1S/C20H20O5/c1-13-4-5-14(2)15(10-13)6-8-17(21)16-7-9-18(19(11-16)24-3)25-12-20(22)23/h4-11H,12H2,1-3H3,(H,22,23)/p-1/b8-6+. The third kappa shape index (κ3) is 4.94. The summed E-state index contributed by atoms with van der Waals surface area (Å²) in [5.74, 6) is -1.00. The number of carboxylic acids is 1. The number of ketones is 1. The fourth-order valence-electron chi connectivity index (χ4n) is 2.28. The maximum atomic E-state index is 12.4. The van der Waals surface area contributed by atoms with Crippen molar-refractivity contribution in [2.24, 2.45) is 0 Å². The van der Waals surface area contributed by atoms with Crippen molar-refractivity contribution in [2.75, 3.05) is 13.7 Å². The van der Waals surface area contributed by atoms with Crippen LogP contribution in [0.4, 0.5) is 0 Å². The number of benzene rings is 2. The first-order chi connectivity index (χ1) is 11.9. The molecule has 5 nitrogen and oxygen atoms in total. The summed E-state index contributed by atoms with van der Waals surface area (Å²) in [6, 6.07) is 10.6. The third-order valence-electron chi connectivity index (χ3n) is 3.64. The zero-order valence-electron chi connectivity index (χ0n) is 14.4. The molecule has 0 spiro atoms. The first-order valence-electron chi connectivity index (χ1n) is 7.71. The second-order valence-electron chi connectivity index (χ2n) is 5.58. The van der Waals surface area contributed by atoms with Crippen LogP contribution in [-0.2, 0) is 4.79 Å². The van der Waals surface area contributed by atoms with E-state index in [4.69, 9.17) is 9.47 Å². The molecular weight excluding hydrogens is 320 g/mol. The lowest BCUT2D eigenvalue weighted by Crippen LogP contribution is -2.29. The van der Waals surface area contributed by atoms with Gasteiger partial charge in [-0.15, -0.1) is 0 Å². The van der Waals surface area contributed by atoms with Crippen molar-refractivity contribution in [3.05, 3.63) is 64.7 Å². The van der Waals surface area contributed by atoms with Crippen LogP contribution >= 0.6 is 0 Å². The van der Waals surface area contributed by atoms with E-state index < -0.39 is 12.6 Å². The Hall–Kier alpha value is -3.08. The van der Waals surface area contributed by atoms with Crippen molar-refractivity contribution in [3.63, 3.8) is 0 Å². The lowest BCUT2D eigenvalue weighted by molar-refractivity contribution is -0.307. The van der Waals surface area contributed by atoms with E-state index in [0.717, 1.165) is 16.7 Å². The average molecular weight is 339 g/mol. The molecule has 0 saturated carbocycles. The normalized spacial score (nSPS) is 10.7. The molecule has 0 saturated heterocycles. The molecule has 2 aromatic carbocycles. The minimum atomic E-state index is -1.33. The number of hydrogen-bond donors (Lipinski definition) is 0. The SMILES string of the molecule is COc1cc(C(=O)/C=C/c2cc(C)ccc2C)ccc1OCC(=O)[O-]. The summed E-state index contributed by atoms with van der Waals surface area (Å²) >= 11 is 0. The molecule has 0 aromatic heterocycles. The molecule has 2 rings (SSSR count). The Bertz CT molecular complexity index is 821. The zero-order valence-corrected chi connectivity index (χ0v) is 14.4. The summed E-state index contributed by atoms with van der Waals surface area (Å²) in [5, 5.41) is 10.5. The molecule has 0 unspecified atom stereocenters. The molecule has 0 atom stereocenters. The van der Waals surface area contributed by atoms with Crippen molar-refractivity contribution in [3.8, 4) is 11.5 Å². The Balaban J connectivity index is 2.20. The van der Waals surface area contributed by atoms with Crippen LogP contribution < -0.4 is 14.6 Å². The summed E-state index contributed by atoms with van der Waals surface area (Å²) in [6.45, 7) is 3.39. The van der Waals surface area contributed by atoms with Gasteiger partial charge in [0.25, 0.3) is 0 Å². The second kappa shape index (κ2) is 8.15. The minimum absolute atomic E-state index is 0.189. The monoisotopic (exact) mass is 339 g/mol. The molecule has 25 heavy (non-hydrogen) atoms. The topological polar surface area (TPSA) is 75.7 Å². The van der Waals surface area contributed by atoms with Gasteiger partial charge >= 0.3 is 0 Å². The molecule has 0 aliphatic carbocycles. The van der Waals surface area contributed by atoms with Gasteiger partial charge in [0, 0.05) is 5.56 Å². The number of hydrogen-bond acceptors (Lipinski definition) is 5. The van der Waals surface area contributed by atoms with Gasteiger partial charge in [-0.3, -0.25) is 4.79 Å². The van der Waals surface area contributed by atoms with Crippen LogP contribution in [-0.4, -0.2) is 25.5 Å². The summed E-state index contributed by atoms with van der Waals surface area (Å²) < 4.78 is 10.2. The summed E-state index contributed by atoms with van der Waals surface area (Å²) in [4.78, 5) is 22.9. The largest absolute Gasteiger partial charge is 0.546 e. The highest BCUT2D eigenvalue weighted by Gasteiger charge is 2.10. The molecule has 0 aliphatic heterocycles. The molecule has 130 valence electrons. The zero-order chi connectivity index (χ0) is 18.4. The number of carboxylic acid groups (broad SMARTS) is 1. The lowest BCUT2D eigenvalue weighted by atomic mass is 10.0. The van der Waals surface area contributed by atoms with Gasteiger partial charge in [-0.25, -0.2) is 0 Å². The number of carbonyl (C=O) groups excluding carboxylic acids is 2. The van der Waals surface area contributed by atoms with E-state index in [-0.39, 0.29) is 17.3 Å². The van der Waals surface area contributed by atoms with Gasteiger partial charge in [-0.1, -0.05) is 29.8 Å². The van der Waals surface area contributed by atoms with Crippen molar-refractivity contribution >= 4 is 17.8 Å². The van der Waals surface area contributed by atoms with Gasteiger partial charge in [0.05, 0.1) is 13.1 Å². The fourth-order valence-corrected chi connectivity index (χ4v) is 2.28. The van der Waals surface area contributed by atoms with Crippen LogP contribution in [0, 0.1) is 13.8 Å². The first-order valence-corrected chi connectivity index (χ1v) is 7.71. The number of ether oxygens (including phenoxy) is 2. The lowest BCUT2D eigenvalue weighted by Gasteiger charge is -2.11. The molecular formula is C20H19O5-. The maximum Gasteiger partial charge on any atom is 0.185 e. The van der Waals surface area contributed by atoms with Crippen molar-refractivity contribution in [2.45, 2.75) is 13.8 Å². The molecule has 0 amide bonds. The Labute approximate surface area is 146 Å². The Morgan fingerprint density at radius 2 is 1.84 bits per heavy atom. The van der Waals surface area contributed by atoms with E-state index in [0.29, 0.717) is 5.56 Å². The Morgan fingerprint density at radius 1 is 1.08 bits per heavy atom. The average Bonchev–Trinajstić information content (AvgIpc) is 2.60. The summed E-state index contributed by atoms with van der Waals surface area (Å²) in [6.07, 6.45) is 3.27. The van der Waals surface area contributed by atoms with Crippen molar-refractivity contribution in [1.82, 2.24) is 0 Å². The minimum Gasteiger partial charge on any atom is -0.546 e. The second-order valence-corrected chi connectivity index (χ2v) is 5.58. The van der Waals surface area contributed by atoms with Crippen LogP contribution in [0.3, 0.4) is 0 Å². The van der Waals surface area contributed by atoms with Crippen molar-refractivity contribution in [1.29, 1.82) is 0 Å². The summed E-state index contributed by atoms with van der Waals surface area (Å²) in [5.41, 5.74) is 3.60. The number of methoxy groups -OCH3 is 1. The van der Waals surface area contributed by atoms with Gasteiger partial charge in [0.1, 0.15) is 6.61 Å². The molecule has 0 bridgehead atoms. The molecule has 0 aliphatic rings. The molecule has 0 heterocycles. The van der Waals surface area contributed by atoms with Crippen LogP contribution in [0.15, 0.2) is 42.5 Å². The van der Waals surface area contributed by atoms with Crippen LogP contribution in [0.5, 0.6) is 11.5 Å². The molecule has 0 N–H and O–H groups in total. The van der Waals surface area contributed by atoms with Crippen LogP contribution in [0.25, 0.3) is 6.08 Å². The Morgan fingerprint density at radius 3 is 2.52 bits per heavy atom. The van der Waals surface area contributed by atoms with E-state index in [1.165, 1.54) is 25.3 Å². The molecule has 2 aromatic rings. The van der Waals surface area contributed by atoms with Gasteiger partial charge in [-0.2, -0.15) is 0 Å². The van der Waals surface area contributed by atoms with Crippen LogP contribution in [0.2, 0.25) is 0 Å². The van der Waals surface area contributed by atoms with E-state index in [1.807, 2.05) is 32.0 Å².